The molecule has 130 valence electrons. The van der Waals surface area contributed by atoms with Crippen molar-refractivity contribution < 1.29 is 28.6 Å². The summed E-state index contributed by atoms with van der Waals surface area (Å²) in [4.78, 5) is 35.4. The Balaban J connectivity index is 1.36. The predicted octanol–water partition coefficient (Wildman–Crippen LogP) is 0.0627. The number of benzene rings is 1. The number of fused-ring (bicyclic) bond motifs is 1. The van der Waals surface area contributed by atoms with Crippen LogP contribution in [0.3, 0.4) is 0 Å². The molecule has 25 heavy (non-hydrogen) atoms. The minimum Gasteiger partial charge on any atom is -0.481 e. The zero-order valence-electron chi connectivity index (χ0n) is 13.4. The Hall–Kier alpha value is -3.21. The van der Waals surface area contributed by atoms with Crippen LogP contribution in [0.4, 0.5) is 0 Å². The van der Waals surface area contributed by atoms with Crippen molar-refractivity contribution in [2.75, 3.05) is 26.5 Å². The fraction of sp³-hybridized carbons (Fsp3) is 0.353. The van der Waals surface area contributed by atoms with Crippen molar-refractivity contribution in [3.8, 4) is 29.1 Å². The van der Waals surface area contributed by atoms with Crippen LogP contribution in [0, 0.1) is 11.8 Å². The molecule has 8 heteroatoms. The maximum absolute atomic E-state index is 11.7. The van der Waals surface area contributed by atoms with Crippen molar-refractivity contribution in [3.63, 3.8) is 0 Å². The van der Waals surface area contributed by atoms with Crippen LogP contribution in [0.5, 0.6) is 17.2 Å². The quantitative estimate of drug-likeness (QED) is 0.600. The van der Waals surface area contributed by atoms with Gasteiger partial charge in [0.1, 0.15) is 18.9 Å². The molecular weight excluding hydrogens is 328 g/mol. The second-order valence-electron chi connectivity index (χ2n) is 5.31. The van der Waals surface area contributed by atoms with E-state index in [-0.39, 0.29) is 51.1 Å². The van der Waals surface area contributed by atoms with Gasteiger partial charge in [-0.05, 0) is 12.1 Å². The van der Waals surface area contributed by atoms with E-state index in [1.165, 1.54) is 0 Å². The third-order valence-electron chi connectivity index (χ3n) is 3.61. The summed E-state index contributed by atoms with van der Waals surface area (Å²) in [5, 5.41) is 2.53. The van der Waals surface area contributed by atoms with Crippen molar-refractivity contribution in [3.05, 3.63) is 18.2 Å². The summed E-state index contributed by atoms with van der Waals surface area (Å²) in [5.74, 6) is 6.35. The normalized spacial score (nSPS) is 15.0. The van der Waals surface area contributed by atoms with Crippen LogP contribution >= 0.6 is 0 Å². The Kier molecular flexibility index (Phi) is 5.04. The van der Waals surface area contributed by atoms with Gasteiger partial charge in [-0.15, -0.1) is 0 Å². The van der Waals surface area contributed by atoms with E-state index in [2.05, 4.69) is 17.2 Å². The molecule has 0 unspecified atom stereocenters. The van der Waals surface area contributed by atoms with Crippen molar-refractivity contribution >= 4 is 17.7 Å². The average molecular weight is 344 g/mol. The molecule has 0 aromatic heterocycles. The molecule has 1 fully saturated rings. The third-order valence-corrected chi connectivity index (χ3v) is 3.61. The van der Waals surface area contributed by atoms with Crippen LogP contribution in [0.1, 0.15) is 12.8 Å². The van der Waals surface area contributed by atoms with Gasteiger partial charge in [0.25, 0.3) is 0 Å². The molecule has 3 amide bonds. The molecule has 3 rings (SSSR count). The van der Waals surface area contributed by atoms with Crippen LogP contribution in [0.2, 0.25) is 0 Å². The Labute approximate surface area is 144 Å². The minimum atomic E-state index is -0.422. The monoisotopic (exact) mass is 344 g/mol. The lowest BCUT2D eigenvalue weighted by atomic mass is 10.3. The number of likely N-dealkylation sites (tertiary alicyclic amines) is 1. The van der Waals surface area contributed by atoms with E-state index >= 15 is 0 Å². The molecule has 2 aliphatic rings. The first-order valence-electron chi connectivity index (χ1n) is 7.71. The molecule has 0 aliphatic carbocycles. The molecule has 2 aliphatic heterocycles. The van der Waals surface area contributed by atoms with Crippen LogP contribution < -0.4 is 19.5 Å². The zero-order valence-corrected chi connectivity index (χ0v) is 13.4. The highest BCUT2D eigenvalue weighted by Gasteiger charge is 2.30. The maximum Gasteiger partial charge on any atom is 0.240 e. The first-order chi connectivity index (χ1) is 12.1. The van der Waals surface area contributed by atoms with Gasteiger partial charge in [-0.1, -0.05) is 11.8 Å². The zero-order chi connectivity index (χ0) is 17.6. The summed E-state index contributed by atoms with van der Waals surface area (Å²) < 4.78 is 15.9. The molecule has 1 saturated heterocycles. The van der Waals surface area contributed by atoms with Gasteiger partial charge in [-0.25, -0.2) is 0 Å². The van der Waals surface area contributed by atoms with E-state index in [0.29, 0.717) is 17.2 Å². The Bertz CT molecular complexity index is 748. The fourth-order valence-electron chi connectivity index (χ4n) is 2.34. The predicted molar refractivity (Wildman–Crippen MR) is 84.8 cm³/mol. The number of rotatable bonds is 5. The second-order valence-corrected chi connectivity index (χ2v) is 5.31. The van der Waals surface area contributed by atoms with Crippen LogP contribution in [-0.2, 0) is 14.4 Å². The SMILES string of the molecule is O=C(CN1C(=O)CCC1=O)NCC#CCOc1ccc2c(c1)OCO2. The Morgan fingerprint density at radius 2 is 1.92 bits per heavy atom. The number of nitrogens with one attached hydrogen (secondary N) is 1. The number of imide groups is 1. The molecule has 1 aromatic carbocycles. The van der Waals surface area contributed by atoms with Gasteiger partial charge in [0, 0.05) is 18.9 Å². The van der Waals surface area contributed by atoms with Gasteiger partial charge in [0.15, 0.2) is 11.5 Å². The number of amides is 3. The number of nitrogens with zero attached hydrogens (tertiary/aromatic N) is 1. The van der Waals surface area contributed by atoms with Crippen molar-refractivity contribution in [2.24, 2.45) is 0 Å². The highest BCUT2D eigenvalue weighted by molar-refractivity contribution is 6.04. The first kappa shape index (κ1) is 16.6. The molecule has 0 radical (unpaired) electrons. The van der Waals surface area contributed by atoms with Crippen molar-refractivity contribution in [1.29, 1.82) is 0 Å². The van der Waals surface area contributed by atoms with Crippen molar-refractivity contribution in [2.45, 2.75) is 12.8 Å². The van der Waals surface area contributed by atoms with E-state index in [1.807, 2.05) is 0 Å². The summed E-state index contributed by atoms with van der Waals surface area (Å²) in [6.07, 6.45) is 0.340. The number of carbonyl (C=O) groups excluding carboxylic acids is 3. The highest BCUT2D eigenvalue weighted by atomic mass is 16.7. The average Bonchev–Trinajstić information content (AvgIpc) is 3.19. The lowest BCUT2D eigenvalue weighted by molar-refractivity contribution is -0.142. The number of carbonyl (C=O) groups is 3. The lowest BCUT2D eigenvalue weighted by Crippen LogP contribution is -2.40. The summed E-state index contributed by atoms with van der Waals surface area (Å²) in [6, 6.07) is 5.23. The standard InChI is InChI=1S/C17H16N2O6/c20-15(10-19-16(21)5-6-17(19)22)18-7-1-2-8-23-12-3-4-13-14(9-12)25-11-24-13/h3-4,9H,5-8,10-11H2,(H,18,20). The first-order valence-corrected chi connectivity index (χ1v) is 7.71. The van der Waals surface area contributed by atoms with Gasteiger partial charge < -0.3 is 19.5 Å². The molecule has 0 bridgehead atoms. The van der Waals surface area contributed by atoms with Gasteiger partial charge in [-0.3, -0.25) is 19.3 Å². The topological polar surface area (TPSA) is 94.2 Å². The van der Waals surface area contributed by atoms with Crippen molar-refractivity contribution in [1.82, 2.24) is 10.2 Å². The van der Waals surface area contributed by atoms with Gasteiger partial charge in [0.2, 0.25) is 24.5 Å². The molecule has 1 aromatic rings. The maximum atomic E-state index is 11.7. The minimum absolute atomic E-state index is 0.111. The summed E-state index contributed by atoms with van der Waals surface area (Å²) in [5.41, 5.74) is 0. The largest absolute Gasteiger partial charge is 0.481 e. The summed E-state index contributed by atoms with van der Waals surface area (Å²) >= 11 is 0. The van der Waals surface area contributed by atoms with Crippen LogP contribution in [0.15, 0.2) is 18.2 Å². The Morgan fingerprint density at radius 1 is 1.16 bits per heavy atom. The van der Waals surface area contributed by atoms with E-state index in [4.69, 9.17) is 14.2 Å². The fourth-order valence-corrected chi connectivity index (χ4v) is 2.34. The van der Waals surface area contributed by atoms with Gasteiger partial charge in [0.05, 0.1) is 6.54 Å². The smallest absolute Gasteiger partial charge is 0.240 e. The summed E-state index contributed by atoms with van der Waals surface area (Å²) in [6.45, 7) is 0.206. The number of ether oxygens (including phenoxy) is 3. The molecule has 1 N–H and O–H groups in total. The highest BCUT2D eigenvalue weighted by Crippen LogP contribution is 2.34. The Morgan fingerprint density at radius 3 is 2.72 bits per heavy atom. The van der Waals surface area contributed by atoms with E-state index in [9.17, 15) is 14.4 Å². The number of hydrogen-bond donors (Lipinski definition) is 1. The number of hydrogen-bond acceptors (Lipinski definition) is 6. The third kappa shape index (κ3) is 4.20. The van der Waals surface area contributed by atoms with E-state index in [0.717, 1.165) is 4.90 Å². The molecule has 2 heterocycles. The van der Waals surface area contributed by atoms with Gasteiger partial charge in [-0.2, -0.15) is 0 Å². The van der Waals surface area contributed by atoms with Crippen LogP contribution in [-0.4, -0.2) is 49.1 Å². The molecule has 0 spiro atoms. The molecule has 0 saturated carbocycles. The van der Waals surface area contributed by atoms with E-state index in [1.54, 1.807) is 18.2 Å². The van der Waals surface area contributed by atoms with E-state index < -0.39 is 5.91 Å². The molecular formula is C17H16N2O6. The molecule has 8 nitrogen and oxygen atoms in total. The second kappa shape index (κ2) is 7.57. The summed E-state index contributed by atoms with van der Waals surface area (Å²) in [7, 11) is 0. The lowest BCUT2D eigenvalue weighted by Gasteiger charge is -2.12. The van der Waals surface area contributed by atoms with Gasteiger partial charge >= 0.3 is 0 Å². The molecule has 0 atom stereocenters. The van der Waals surface area contributed by atoms with Crippen LogP contribution in [0.25, 0.3) is 0 Å².